The molecule has 18 heavy (non-hydrogen) atoms. The van der Waals surface area contributed by atoms with Crippen LogP contribution in [0.2, 0.25) is 0 Å². The fourth-order valence-electron chi connectivity index (χ4n) is 1.88. The smallest absolute Gasteiger partial charge is 0.426 e. The highest BCUT2D eigenvalue weighted by molar-refractivity contribution is 5.77. The summed E-state index contributed by atoms with van der Waals surface area (Å²) in [6.45, 7) is 5.28. The molecule has 0 saturated heterocycles. The lowest BCUT2D eigenvalue weighted by molar-refractivity contribution is 0.0504. The van der Waals surface area contributed by atoms with Crippen molar-refractivity contribution < 1.29 is 14.3 Å². The third-order valence-electron chi connectivity index (χ3n) is 2.62. The van der Waals surface area contributed by atoms with Crippen LogP contribution in [0.25, 0.3) is 0 Å². The highest BCUT2D eigenvalue weighted by Gasteiger charge is 2.18. The van der Waals surface area contributed by atoms with E-state index in [0.29, 0.717) is 0 Å². The van der Waals surface area contributed by atoms with E-state index < -0.39 is 17.7 Å². The second kappa shape index (κ2) is 6.47. The number of urea groups is 1. The predicted molar refractivity (Wildman–Crippen MR) is 67.9 cm³/mol. The minimum atomic E-state index is -0.665. The first-order chi connectivity index (χ1) is 8.37. The minimum absolute atomic E-state index is 0.208. The molecule has 1 rings (SSSR count). The Morgan fingerprint density at radius 2 is 1.67 bits per heavy atom. The molecule has 3 N–H and O–H groups in total. The van der Waals surface area contributed by atoms with Gasteiger partial charge in [0, 0.05) is 6.04 Å². The van der Waals surface area contributed by atoms with E-state index in [9.17, 15) is 9.59 Å². The van der Waals surface area contributed by atoms with Crippen LogP contribution in [0.1, 0.15) is 52.9 Å². The van der Waals surface area contributed by atoms with Crippen LogP contribution in [0, 0.1) is 0 Å². The molecule has 1 aliphatic rings. The third kappa shape index (κ3) is 6.32. The molecule has 0 radical (unpaired) electrons. The van der Waals surface area contributed by atoms with Gasteiger partial charge in [0.1, 0.15) is 5.60 Å². The maximum Gasteiger partial charge on any atom is 0.426 e. The summed E-state index contributed by atoms with van der Waals surface area (Å²) in [6.07, 6.45) is 4.85. The van der Waals surface area contributed by atoms with Gasteiger partial charge in [0.15, 0.2) is 0 Å². The summed E-state index contributed by atoms with van der Waals surface area (Å²) in [7, 11) is 0. The lowest BCUT2D eigenvalue weighted by atomic mass is 9.96. The van der Waals surface area contributed by atoms with E-state index >= 15 is 0 Å². The number of hydrazine groups is 1. The Labute approximate surface area is 108 Å². The van der Waals surface area contributed by atoms with Crippen LogP contribution < -0.4 is 16.2 Å². The van der Waals surface area contributed by atoms with E-state index in [-0.39, 0.29) is 6.04 Å². The van der Waals surface area contributed by atoms with Gasteiger partial charge < -0.3 is 10.1 Å². The molecule has 0 unspecified atom stereocenters. The first kappa shape index (κ1) is 14.6. The standard InChI is InChI=1S/C12H23N3O3/c1-12(2,3)18-11(17)15-14-10(16)13-9-7-5-4-6-8-9/h9H,4-8H2,1-3H3,(H,15,17)(H2,13,14,16). The molecule has 0 aromatic heterocycles. The Morgan fingerprint density at radius 3 is 2.22 bits per heavy atom. The predicted octanol–water partition coefficient (Wildman–Crippen LogP) is 2.06. The highest BCUT2D eigenvalue weighted by atomic mass is 16.6. The van der Waals surface area contributed by atoms with Gasteiger partial charge in [-0.3, -0.25) is 0 Å². The number of carbonyl (C=O) groups excluding carboxylic acids is 2. The summed E-state index contributed by atoms with van der Waals surface area (Å²) in [6, 6.07) is -0.188. The Bertz CT molecular complexity index is 293. The summed E-state index contributed by atoms with van der Waals surface area (Å²) < 4.78 is 4.99. The van der Waals surface area contributed by atoms with Crippen LogP contribution >= 0.6 is 0 Å². The van der Waals surface area contributed by atoms with Crippen LogP contribution in [0.5, 0.6) is 0 Å². The van der Waals surface area contributed by atoms with E-state index in [0.717, 1.165) is 25.7 Å². The molecule has 0 aromatic carbocycles. The molecule has 1 saturated carbocycles. The molecule has 6 nitrogen and oxygen atoms in total. The van der Waals surface area contributed by atoms with Crippen molar-refractivity contribution in [2.45, 2.75) is 64.5 Å². The molecule has 0 aromatic rings. The van der Waals surface area contributed by atoms with E-state index in [4.69, 9.17) is 4.74 Å². The van der Waals surface area contributed by atoms with Crippen molar-refractivity contribution in [3.05, 3.63) is 0 Å². The summed E-state index contributed by atoms with van der Waals surface area (Å²) in [5.74, 6) is 0. The number of nitrogens with one attached hydrogen (secondary N) is 3. The second-order valence-electron chi connectivity index (χ2n) is 5.56. The average Bonchev–Trinajstić information content (AvgIpc) is 2.25. The van der Waals surface area contributed by atoms with Gasteiger partial charge in [0.25, 0.3) is 0 Å². The zero-order valence-corrected chi connectivity index (χ0v) is 11.3. The number of ether oxygens (including phenoxy) is 1. The third-order valence-corrected chi connectivity index (χ3v) is 2.62. The highest BCUT2D eigenvalue weighted by Crippen LogP contribution is 2.17. The van der Waals surface area contributed by atoms with Crippen molar-refractivity contribution in [3.8, 4) is 0 Å². The van der Waals surface area contributed by atoms with Gasteiger partial charge in [-0.15, -0.1) is 0 Å². The molecular formula is C12H23N3O3. The normalized spacial score (nSPS) is 16.8. The fourth-order valence-corrected chi connectivity index (χ4v) is 1.88. The summed E-state index contributed by atoms with van der Waals surface area (Å²) in [5, 5.41) is 2.82. The number of hydrogen-bond acceptors (Lipinski definition) is 3. The molecule has 1 aliphatic carbocycles. The topological polar surface area (TPSA) is 79.5 Å². The van der Waals surface area contributed by atoms with Crippen molar-refractivity contribution in [1.29, 1.82) is 0 Å². The van der Waals surface area contributed by atoms with Crippen molar-refractivity contribution in [1.82, 2.24) is 16.2 Å². The van der Waals surface area contributed by atoms with Crippen molar-refractivity contribution in [2.24, 2.45) is 0 Å². The van der Waals surface area contributed by atoms with E-state index in [1.165, 1.54) is 6.42 Å². The lowest BCUT2D eigenvalue weighted by Crippen LogP contribution is -2.51. The quantitative estimate of drug-likeness (QED) is 0.629. The van der Waals surface area contributed by atoms with Crippen LogP contribution in [0.4, 0.5) is 9.59 Å². The van der Waals surface area contributed by atoms with E-state index in [2.05, 4.69) is 16.2 Å². The van der Waals surface area contributed by atoms with Gasteiger partial charge in [0.05, 0.1) is 0 Å². The monoisotopic (exact) mass is 257 g/mol. The van der Waals surface area contributed by atoms with Crippen molar-refractivity contribution >= 4 is 12.1 Å². The summed E-state index contributed by atoms with van der Waals surface area (Å²) >= 11 is 0. The van der Waals surface area contributed by atoms with Gasteiger partial charge in [0.2, 0.25) is 0 Å². The average molecular weight is 257 g/mol. The molecule has 0 bridgehead atoms. The molecular weight excluding hydrogens is 234 g/mol. The van der Waals surface area contributed by atoms with Crippen LogP contribution in [-0.2, 0) is 4.74 Å². The number of rotatable bonds is 1. The lowest BCUT2D eigenvalue weighted by Gasteiger charge is -2.23. The molecule has 0 spiro atoms. The molecule has 0 heterocycles. The van der Waals surface area contributed by atoms with Crippen LogP contribution in [0.15, 0.2) is 0 Å². The molecule has 104 valence electrons. The van der Waals surface area contributed by atoms with E-state index in [1.54, 1.807) is 20.8 Å². The summed E-state index contributed by atoms with van der Waals surface area (Å²) in [5.41, 5.74) is 3.91. The Kier molecular flexibility index (Phi) is 5.25. The SMILES string of the molecule is CC(C)(C)OC(=O)NNC(=O)NC1CCCCC1. The fraction of sp³-hybridized carbons (Fsp3) is 0.833. The maximum absolute atomic E-state index is 11.5. The molecule has 3 amide bonds. The number of hydrogen-bond donors (Lipinski definition) is 3. The Balaban J connectivity index is 2.18. The largest absolute Gasteiger partial charge is 0.443 e. The second-order valence-corrected chi connectivity index (χ2v) is 5.56. The zero-order valence-electron chi connectivity index (χ0n) is 11.3. The number of amides is 3. The molecule has 0 atom stereocenters. The van der Waals surface area contributed by atoms with Crippen LogP contribution in [-0.4, -0.2) is 23.8 Å². The molecule has 1 fully saturated rings. The first-order valence-electron chi connectivity index (χ1n) is 6.42. The molecule has 0 aliphatic heterocycles. The number of carbonyl (C=O) groups is 2. The van der Waals surface area contributed by atoms with Gasteiger partial charge in [-0.2, -0.15) is 0 Å². The van der Waals surface area contributed by atoms with Crippen molar-refractivity contribution in [3.63, 3.8) is 0 Å². The van der Waals surface area contributed by atoms with Gasteiger partial charge in [-0.1, -0.05) is 19.3 Å². The molecule has 6 heteroatoms. The zero-order chi connectivity index (χ0) is 13.6. The Hall–Kier alpha value is -1.46. The maximum atomic E-state index is 11.5. The van der Waals surface area contributed by atoms with Gasteiger partial charge >= 0.3 is 12.1 Å². The summed E-state index contributed by atoms with van der Waals surface area (Å²) in [4.78, 5) is 22.8. The Morgan fingerprint density at radius 1 is 1.06 bits per heavy atom. The van der Waals surface area contributed by atoms with Gasteiger partial charge in [-0.25, -0.2) is 20.4 Å². The van der Waals surface area contributed by atoms with E-state index in [1.807, 2.05) is 0 Å². The van der Waals surface area contributed by atoms with Crippen molar-refractivity contribution in [2.75, 3.05) is 0 Å². The first-order valence-corrected chi connectivity index (χ1v) is 6.42. The minimum Gasteiger partial charge on any atom is -0.443 e. The van der Waals surface area contributed by atoms with Crippen LogP contribution in [0.3, 0.4) is 0 Å². The van der Waals surface area contributed by atoms with Gasteiger partial charge in [-0.05, 0) is 33.6 Å².